The van der Waals surface area contributed by atoms with E-state index >= 15 is 0 Å². The molecule has 1 atom stereocenters. The van der Waals surface area contributed by atoms with Gasteiger partial charge in [0.2, 0.25) is 5.91 Å². The van der Waals surface area contributed by atoms with Crippen molar-refractivity contribution >= 4 is 23.4 Å². The minimum Gasteiger partial charge on any atom is -0.493 e. The van der Waals surface area contributed by atoms with E-state index in [4.69, 9.17) is 9.47 Å². The zero-order valence-electron chi connectivity index (χ0n) is 25.0. The minimum absolute atomic E-state index is 0.0207. The number of aryl methyl sites for hydroxylation is 2. The molecule has 1 aliphatic heterocycles. The van der Waals surface area contributed by atoms with Gasteiger partial charge in [0.1, 0.15) is 29.5 Å². The molecule has 14 nitrogen and oxygen atoms in total. The van der Waals surface area contributed by atoms with Crippen LogP contribution in [0.5, 0.6) is 11.5 Å². The van der Waals surface area contributed by atoms with Gasteiger partial charge in [0.25, 0.3) is 11.8 Å². The molecule has 2 bridgehead atoms. The van der Waals surface area contributed by atoms with Crippen LogP contribution in [0.4, 0.5) is 0 Å². The topological polar surface area (TPSA) is 150 Å². The Morgan fingerprint density at radius 2 is 2.00 bits per heavy atom. The summed E-state index contributed by atoms with van der Waals surface area (Å²) in [6.45, 7) is 6.66. The molecule has 1 aliphatic rings. The molecule has 228 valence electrons. The second-order valence-corrected chi connectivity index (χ2v) is 10.8. The van der Waals surface area contributed by atoms with Crippen molar-refractivity contribution in [1.82, 2.24) is 44.5 Å². The fourth-order valence-electron chi connectivity index (χ4n) is 5.16. The van der Waals surface area contributed by atoms with Crippen LogP contribution >= 0.6 is 0 Å². The Morgan fingerprint density at radius 1 is 1.19 bits per heavy atom. The molecule has 43 heavy (non-hydrogen) atoms. The molecule has 2 N–H and O–H groups in total. The smallest absolute Gasteiger partial charge is 0.259 e. The average Bonchev–Trinajstić information content (AvgIpc) is 3.68. The van der Waals surface area contributed by atoms with Crippen molar-refractivity contribution in [2.45, 2.75) is 39.8 Å². The van der Waals surface area contributed by atoms with Crippen molar-refractivity contribution in [2.75, 3.05) is 33.4 Å². The SMILES string of the molecule is COc1ccc2cc1OCCn1nc(C)nc1[C@H](C(C)C)NC(=O)CN(C(=O)c1cnn3ccn(C)c13)CCCNC2=O. The van der Waals surface area contributed by atoms with Gasteiger partial charge in [-0.05, 0) is 37.5 Å². The third-order valence-corrected chi connectivity index (χ3v) is 7.33. The number of methoxy groups -OCH3 is 1. The van der Waals surface area contributed by atoms with Crippen LogP contribution in [0.15, 0.2) is 36.8 Å². The second kappa shape index (κ2) is 12.5. The van der Waals surface area contributed by atoms with E-state index in [0.717, 1.165) is 0 Å². The zero-order chi connectivity index (χ0) is 30.7. The number of ether oxygens (including phenoxy) is 2. The Hall–Kier alpha value is -4.88. The van der Waals surface area contributed by atoms with Crippen molar-refractivity contribution in [3.63, 3.8) is 0 Å². The summed E-state index contributed by atoms with van der Waals surface area (Å²) in [5, 5.41) is 14.8. The van der Waals surface area contributed by atoms with E-state index in [2.05, 4.69) is 25.8 Å². The first kappa shape index (κ1) is 29.6. The van der Waals surface area contributed by atoms with Crippen LogP contribution in [0.3, 0.4) is 0 Å². The van der Waals surface area contributed by atoms with Crippen molar-refractivity contribution in [3.05, 3.63) is 59.6 Å². The monoisotopic (exact) mass is 591 g/mol. The van der Waals surface area contributed by atoms with Crippen molar-refractivity contribution in [2.24, 2.45) is 13.0 Å². The van der Waals surface area contributed by atoms with Gasteiger partial charge in [-0.15, -0.1) is 0 Å². The number of nitrogens with one attached hydrogen (secondary N) is 2. The number of hydrogen-bond donors (Lipinski definition) is 2. The maximum Gasteiger partial charge on any atom is 0.259 e. The van der Waals surface area contributed by atoms with E-state index in [1.165, 1.54) is 18.2 Å². The van der Waals surface area contributed by atoms with E-state index in [9.17, 15) is 14.4 Å². The standard InChI is InChI=1S/C29H37N9O5/c1-18(2)25-26-32-19(3)34-37(26)13-14-43-23-15-20(7-8-22(23)42-5)27(40)30-9-6-10-36(17-24(39)33-25)29(41)21-16-31-38-12-11-35(4)28(21)38/h7-8,11-12,15-16,18,25H,6,9-10,13-14,17H2,1-5H3,(H,30,40)(H,33,39)/t25-/m0/s1. The number of carbonyl (C=O) groups excluding carboxylic acids is 3. The lowest BCUT2D eigenvalue weighted by Crippen LogP contribution is -2.44. The Balaban J connectivity index is 1.47. The molecule has 3 amide bonds. The molecular formula is C29H37N9O5. The molecule has 1 aromatic carbocycles. The summed E-state index contributed by atoms with van der Waals surface area (Å²) >= 11 is 0. The second-order valence-electron chi connectivity index (χ2n) is 10.8. The highest BCUT2D eigenvalue weighted by molar-refractivity contribution is 6.01. The van der Waals surface area contributed by atoms with Crippen LogP contribution in [0.25, 0.3) is 5.65 Å². The first-order valence-corrected chi connectivity index (χ1v) is 14.2. The Labute approximate surface area is 249 Å². The maximum absolute atomic E-state index is 13.8. The molecule has 0 fully saturated rings. The van der Waals surface area contributed by atoms with Gasteiger partial charge in [-0.25, -0.2) is 14.2 Å². The normalized spacial score (nSPS) is 17.1. The van der Waals surface area contributed by atoms with E-state index in [-0.39, 0.29) is 49.9 Å². The fraction of sp³-hybridized carbons (Fsp3) is 0.448. The molecule has 0 saturated heterocycles. The lowest BCUT2D eigenvalue weighted by molar-refractivity contribution is -0.123. The van der Waals surface area contributed by atoms with Gasteiger partial charge in [-0.2, -0.15) is 10.2 Å². The molecule has 0 radical (unpaired) electrons. The van der Waals surface area contributed by atoms with Crippen LogP contribution in [0, 0.1) is 12.8 Å². The number of amides is 3. The number of nitrogens with zero attached hydrogens (tertiary/aromatic N) is 7. The summed E-state index contributed by atoms with van der Waals surface area (Å²) in [5.41, 5.74) is 1.42. The zero-order valence-corrected chi connectivity index (χ0v) is 25.0. The molecular weight excluding hydrogens is 554 g/mol. The molecule has 0 unspecified atom stereocenters. The van der Waals surface area contributed by atoms with Gasteiger partial charge in [-0.3, -0.25) is 14.4 Å². The molecule has 5 rings (SSSR count). The Bertz CT molecular complexity index is 1640. The summed E-state index contributed by atoms with van der Waals surface area (Å²) in [6, 6.07) is 4.53. The van der Waals surface area contributed by atoms with Gasteiger partial charge in [0, 0.05) is 38.1 Å². The van der Waals surface area contributed by atoms with Crippen molar-refractivity contribution < 1.29 is 23.9 Å². The Kier molecular flexibility index (Phi) is 8.64. The number of rotatable bonds is 3. The number of carbonyl (C=O) groups is 3. The number of fused-ring (bicyclic) bond motifs is 4. The van der Waals surface area contributed by atoms with Crippen molar-refractivity contribution in [1.29, 1.82) is 0 Å². The molecule has 4 heterocycles. The van der Waals surface area contributed by atoms with Crippen LogP contribution < -0.4 is 20.1 Å². The predicted molar refractivity (Wildman–Crippen MR) is 156 cm³/mol. The van der Waals surface area contributed by atoms with Gasteiger partial charge in [0.05, 0.1) is 32.4 Å². The molecule has 0 saturated carbocycles. The predicted octanol–water partition coefficient (Wildman–Crippen LogP) is 1.75. The molecule has 4 aromatic rings. The lowest BCUT2D eigenvalue weighted by Gasteiger charge is -2.26. The molecule has 14 heteroatoms. The minimum atomic E-state index is -0.461. The average molecular weight is 592 g/mol. The molecule has 3 aromatic heterocycles. The highest BCUT2D eigenvalue weighted by atomic mass is 16.5. The van der Waals surface area contributed by atoms with E-state index in [1.807, 2.05) is 27.1 Å². The summed E-state index contributed by atoms with van der Waals surface area (Å²) in [4.78, 5) is 46.4. The number of benzene rings is 1. The van der Waals surface area contributed by atoms with Crippen LogP contribution in [0.1, 0.15) is 58.7 Å². The number of aromatic nitrogens is 6. The summed E-state index contributed by atoms with van der Waals surface area (Å²) in [7, 11) is 3.37. The highest BCUT2D eigenvalue weighted by Crippen LogP contribution is 2.28. The summed E-state index contributed by atoms with van der Waals surface area (Å²) < 4.78 is 16.6. The van der Waals surface area contributed by atoms with Gasteiger partial charge >= 0.3 is 0 Å². The van der Waals surface area contributed by atoms with Gasteiger partial charge in [-0.1, -0.05) is 13.8 Å². The lowest BCUT2D eigenvalue weighted by atomic mass is 10.0. The Morgan fingerprint density at radius 3 is 2.77 bits per heavy atom. The number of imidazole rings is 1. The molecule has 0 aliphatic carbocycles. The van der Waals surface area contributed by atoms with E-state index < -0.39 is 6.04 Å². The van der Waals surface area contributed by atoms with Gasteiger partial charge in [0.15, 0.2) is 11.5 Å². The van der Waals surface area contributed by atoms with E-state index in [0.29, 0.717) is 52.9 Å². The highest BCUT2D eigenvalue weighted by Gasteiger charge is 2.28. The van der Waals surface area contributed by atoms with Crippen LogP contribution in [0.2, 0.25) is 0 Å². The third-order valence-electron chi connectivity index (χ3n) is 7.33. The van der Waals surface area contributed by atoms with Crippen molar-refractivity contribution in [3.8, 4) is 11.5 Å². The quantitative estimate of drug-likeness (QED) is 0.366. The summed E-state index contributed by atoms with van der Waals surface area (Å²) in [6.07, 6.45) is 5.49. The maximum atomic E-state index is 13.8. The largest absolute Gasteiger partial charge is 0.493 e. The van der Waals surface area contributed by atoms with Crippen LogP contribution in [-0.2, 0) is 18.4 Å². The summed E-state index contributed by atoms with van der Waals surface area (Å²) in [5.74, 6) is 1.09. The number of hydrogen-bond acceptors (Lipinski definition) is 8. The van der Waals surface area contributed by atoms with E-state index in [1.54, 1.807) is 45.1 Å². The first-order chi connectivity index (χ1) is 20.7. The van der Waals surface area contributed by atoms with Crippen LogP contribution in [-0.4, -0.2) is 84.9 Å². The van der Waals surface area contributed by atoms with Gasteiger partial charge < -0.3 is 29.6 Å². The third kappa shape index (κ3) is 6.32. The molecule has 0 spiro atoms. The fourth-order valence-corrected chi connectivity index (χ4v) is 5.16. The first-order valence-electron chi connectivity index (χ1n) is 14.2.